The molecule has 1 aliphatic rings. The molecule has 1 N–H and O–H groups in total. The zero-order chi connectivity index (χ0) is 14.6. The molecular weight excluding hydrogens is 250 g/mol. The molecule has 1 fully saturated rings. The maximum absolute atomic E-state index is 6.25. The van der Waals surface area contributed by atoms with Gasteiger partial charge >= 0.3 is 0 Å². The van der Waals surface area contributed by atoms with Crippen molar-refractivity contribution in [1.29, 1.82) is 0 Å². The van der Waals surface area contributed by atoms with Gasteiger partial charge in [0.2, 0.25) is 0 Å². The summed E-state index contributed by atoms with van der Waals surface area (Å²) in [5, 5.41) is 3.49. The van der Waals surface area contributed by atoms with E-state index in [-0.39, 0.29) is 6.10 Å². The van der Waals surface area contributed by atoms with Crippen LogP contribution in [-0.4, -0.2) is 39.0 Å². The number of ether oxygens (including phenoxy) is 2. The molecule has 0 radical (unpaired) electrons. The largest absolute Gasteiger partial charge is 0.382 e. The number of rotatable bonds is 5. The van der Waals surface area contributed by atoms with E-state index in [0.717, 1.165) is 0 Å². The summed E-state index contributed by atoms with van der Waals surface area (Å²) < 4.78 is 11.5. The van der Waals surface area contributed by atoms with Crippen LogP contribution in [-0.2, 0) is 9.47 Å². The van der Waals surface area contributed by atoms with Crippen LogP contribution >= 0.6 is 0 Å². The van der Waals surface area contributed by atoms with Gasteiger partial charge in [0, 0.05) is 13.2 Å². The number of likely N-dealkylation sites (N-methyl/N-ethyl adjacent to an activating group) is 1. The first-order valence-corrected chi connectivity index (χ1v) is 8.59. The Morgan fingerprint density at radius 3 is 2.05 bits per heavy atom. The maximum atomic E-state index is 6.25. The van der Waals surface area contributed by atoms with Crippen LogP contribution in [0.15, 0.2) is 0 Å². The Labute approximate surface area is 125 Å². The number of methoxy groups -OCH3 is 1. The van der Waals surface area contributed by atoms with Crippen LogP contribution in [0.4, 0.5) is 0 Å². The summed E-state index contributed by atoms with van der Waals surface area (Å²) in [5.74, 6) is 0. The van der Waals surface area contributed by atoms with Crippen LogP contribution in [0.2, 0.25) is 0 Å². The van der Waals surface area contributed by atoms with Crippen LogP contribution in [0.1, 0.15) is 71.1 Å². The van der Waals surface area contributed by atoms with Crippen molar-refractivity contribution in [3.63, 3.8) is 0 Å². The van der Waals surface area contributed by atoms with Crippen LogP contribution in [0.5, 0.6) is 0 Å². The molecule has 0 spiro atoms. The Bertz CT molecular complexity index is 223. The minimum atomic E-state index is 0.189. The lowest BCUT2D eigenvalue weighted by atomic mass is 9.95. The van der Waals surface area contributed by atoms with E-state index in [9.17, 15) is 0 Å². The van der Waals surface area contributed by atoms with E-state index >= 15 is 0 Å². The fourth-order valence-electron chi connectivity index (χ4n) is 3.22. The normalized spacial score (nSPS) is 28.4. The van der Waals surface area contributed by atoms with E-state index in [4.69, 9.17) is 9.47 Å². The first-order valence-electron chi connectivity index (χ1n) is 8.59. The molecule has 0 aliphatic heterocycles. The maximum Gasteiger partial charge on any atom is 0.0784 e. The zero-order valence-electron chi connectivity index (χ0n) is 13.8. The van der Waals surface area contributed by atoms with E-state index < -0.39 is 0 Å². The Hall–Kier alpha value is -0.120. The number of hydrogen-bond acceptors (Lipinski definition) is 3. The van der Waals surface area contributed by atoms with Gasteiger partial charge in [0.15, 0.2) is 0 Å². The third-order valence-electron chi connectivity index (χ3n) is 4.38. The molecular formula is C17H35NO2. The predicted molar refractivity (Wildman–Crippen MR) is 85.2 cm³/mol. The van der Waals surface area contributed by atoms with Crippen LogP contribution in [0.25, 0.3) is 0 Å². The molecule has 0 heterocycles. The highest BCUT2D eigenvalue weighted by Gasteiger charge is 2.22. The summed E-state index contributed by atoms with van der Waals surface area (Å²) in [6.45, 7) is 2.80. The predicted octanol–water partition coefficient (Wildman–Crippen LogP) is 3.91. The molecule has 3 heteroatoms. The second-order valence-electron chi connectivity index (χ2n) is 6.24. The van der Waals surface area contributed by atoms with E-state index in [2.05, 4.69) is 19.3 Å². The number of nitrogens with one attached hydrogen (secondary N) is 1. The molecule has 120 valence electrons. The van der Waals surface area contributed by atoms with Gasteiger partial charge in [-0.2, -0.15) is 0 Å². The van der Waals surface area contributed by atoms with Crippen molar-refractivity contribution in [3.05, 3.63) is 0 Å². The van der Waals surface area contributed by atoms with Gasteiger partial charge in [-0.05, 0) is 26.8 Å². The van der Waals surface area contributed by atoms with Gasteiger partial charge in [-0.3, -0.25) is 0 Å². The lowest BCUT2D eigenvalue weighted by Crippen LogP contribution is -2.41. The summed E-state index contributed by atoms with van der Waals surface area (Å²) in [7, 11) is 3.82. The second-order valence-corrected chi connectivity index (χ2v) is 6.24. The molecule has 0 aromatic rings. The molecule has 1 saturated carbocycles. The van der Waals surface area contributed by atoms with Crippen molar-refractivity contribution < 1.29 is 9.47 Å². The summed E-state index contributed by atoms with van der Waals surface area (Å²) >= 11 is 0. The van der Waals surface area contributed by atoms with Crippen molar-refractivity contribution in [3.8, 4) is 0 Å². The molecule has 0 bridgehead atoms. The molecule has 0 saturated heterocycles. The molecule has 0 aromatic carbocycles. The minimum absolute atomic E-state index is 0.189. The molecule has 20 heavy (non-hydrogen) atoms. The van der Waals surface area contributed by atoms with Crippen molar-refractivity contribution in [2.24, 2.45) is 0 Å². The summed E-state index contributed by atoms with van der Waals surface area (Å²) in [6, 6.07) is 0.494. The standard InChI is InChI=1S/C17H35NO2/c1-15(14-19-3)20-17-13-11-9-7-5-4-6-8-10-12-16(17)18-2/h15-18H,4-14H2,1-3H3. The summed E-state index contributed by atoms with van der Waals surface area (Å²) in [6.07, 6.45) is 13.9. The third-order valence-corrected chi connectivity index (χ3v) is 4.38. The summed E-state index contributed by atoms with van der Waals surface area (Å²) in [4.78, 5) is 0. The Morgan fingerprint density at radius 2 is 1.50 bits per heavy atom. The minimum Gasteiger partial charge on any atom is -0.382 e. The smallest absolute Gasteiger partial charge is 0.0784 e. The van der Waals surface area contributed by atoms with Crippen LogP contribution in [0, 0.1) is 0 Å². The Balaban J connectivity index is 2.50. The monoisotopic (exact) mass is 285 g/mol. The average molecular weight is 285 g/mol. The molecule has 3 unspecified atom stereocenters. The molecule has 0 amide bonds. The second kappa shape index (κ2) is 11.5. The Morgan fingerprint density at radius 1 is 0.950 bits per heavy atom. The van der Waals surface area contributed by atoms with Gasteiger partial charge in [-0.15, -0.1) is 0 Å². The first-order chi connectivity index (χ1) is 9.77. The van der Waals surface area contributed by atoms with Gasteiger partial charge in [-0.25, -0.2) is 0 Å². The quantitative estimate of drug-likeness (QED) is 0.831. The Kier molecular flexibility index (Phi) is 10.3. The van der Waals surface area contributed by atoms with Gasteiger partial charge in [0.25, 0.3) is 0 Å². The summed E-state index contributed by atoms with van der Waals surface area (Å²) in [5.41, 5.74) is 0. The van der Waals surface area contributed by atoms with Crippen LogP contribution < -0.4 is 5.32 Å². The highest BCUT2D eigenvalue weighted by atomic mass is 16.5. The topological polar surface area (TPSA) is 30.5 Å². The third kappa shape index (κ3) is 7.61. The number of hydrogen-bond donors (Lipinski definition) is 1. The van der Waals surface area contributed by atoms with E-state index in [0.29, 0.717) is 18.8 Å². The van der Waals surface area contributed by atoms with E-state index in [1.165, 1.54) is 64.2 Å². The molecule has 1 rings (SSSR count). The highest BCUT2D eigenvalue weighted by Crippen LogP contribution is 2.20. The fourth-order valence-corrected chi connectivity index (χ4v) is 3.22. The first kappa shape index (κ1) is 17.9. The van der Waals surface area contributed by atoms with Gasteiger partial charge in [0.05, 0.1) is 18.8 Å². The fraction of sp³-hybridized carbons (Fsp3) is 1.00. The van der Waals surface area contributed by atoms with E-state index in [1.807, 2.05) is 0 Å². The molecule has 3 nitrogen and oxygen atoms in total. The van der Waals surface area contributed by atoms with E-state index in [1.54, 1.807) is 7.11 Å². The van der Waals surface area contributed by atoms with Crippen molar-refractivity contribution in [2.45, 2.75) is 89.4 Å². The molecule has 3 atom stereocenters. The lowest BCUT2D eigenvalue weighted by molar-refractivity contribution is -0.0578. The highest BCUT2D eigenvalue weighted by molar-refractivity contribution is 4.77. The zero-order valence-corrected chi connectivity index (χ0v) is 13.8. The van der Waals surface area contributed by atoms with Gasteiger partial charge < -0.3 is 14.8 Å². The SMILES string of the molecule is CNC1CCCCCCCCCCC1OC(C)COC. The van der Waals surface area contributed by atoms with Crippen molar-refractivity contribution >= 4 is 0 Å². The van der Waals surface area contributed by atoms with Crippen LogP contribution in [0.3, 0.4) is 0 Å². The lowest BCUT2D eigenvalue weighted by Gasteiger charge is -2.30. The average Bonchev–Trinajstić information content (AvgIpc) is 2.42. The van der Waals surface area contributed by atoms with Gasteiger partial charge in [-0.1, -0.05) is 51.4 Å². The van der Waals surface area contributed by atoms with Crippen molar-refractivity contribution in [2.75, 3.05) is 20.8 Å². The molecule has 1 aliphatic carbocycles. The van der Waals surface area contributed by atoms with Crippen molar-refractivity contribution in [1.82, 2.24) is 5.32 Å². The molecule has 0 aromatic heterocycles. The van der Waals surface area contributed by atoms with Gasteiger partial charge in [0.1, 0.15) is 0 Å².